The van der Waals surface area contributed by atoms with Crippen LogP contribution in [0, 0.1) is 22.9 Å². The number of halogens is 3. The fourth-order valence-corrected chi connectivity index (χ4v) is 2.92. The number of benzene rings is 1. The first-order valence-corrected chi connectivity index (χ1v) is 7.73. The molecule has 0 fully saturated rings. The van der Waals surface area contributed by atoms with Crippen molar-refractivity contribution in [3.63, 3.8) is 0 Å². The van der Waals surface area contributed by atoms with Crippen LogP contribution >= 0.6 is 0 Å². The number of sulfonamides is 1. The maximum atomic E-state index is 13.5. The summed E-state index contributed by atoms with van der Waals surface area (Å²) in [7, 11) is -4.37. The van der Waals surface area contributed by atoms with Gasteiger partial charge in [0.15, 0.2) is 17.5 Å². The van der Waals surface area contributed by atoms with E-state index in [1.54, 1.807) is 0 Å². The van der Waals surface area contributed by atoms with Crippen LogP contribution in [0.2, 0.25) is 0 Å². The van der Waals surface area contributed by atoms with E-state index in [2.05, 4.69) is 0 Å². The molecule has 0 amide bonds. The summed E-state index contributed by atoms with van der Waals surface area (Å²) in [5.41, 5.74) is -0.224. The van der Waals surface area contributed by atoms with Crippen LogP contribution in [0.15, 0.2) is 17.0 Å². The van der Waals surface area contributed by atoms with Crippen molar-refractivity contribution in [2.75, 3.05) is 6.54 Å². The molecule has 0 aromatic heterocycles. The highest BCUT2D eigenvalue weighted by Crippen LogP contribution is 2.22. The fourth-order valence-electron chi connectivity index (χ4n) is 1.78. The number of nitrogens with one attached hydrogen (secondary N) is 1. The van der Waals surface area contributed by atoms with Crippen LogP contribution in [0.25, 0.3) is 0 Å². The lowest BCUT2D eigenvalue weighted by Gasteiger charge is -2.22. The predicted octanol–water partition coefficient (Wildman–Crippen LogP) is 2.18. The molecule has 1 aromatic carbocycles. The van der Waals surface area contributed by atoms with Gasteiger partial charge in [0.2, 0.25) is 10.0 Å². The highest BCUT2D eigenvalue weighted by Gasteiger charge is 2.25. The summed E-state index contributed by atoms with van der Waals surface area (Å²) in [6, 6.07) is 1.16. The van der Waals surface area contributed by atoms with Gasteiger partial charge in [-0.25, -0.2) is 26.3 Å². The molecule has 120 valence electrons. The van der Waals surface area contributed by atoms with Crippen LogP contribution in [0.5, 0.6) is 0 Å². The standard InChI is InChI=1S/C13H18F3NO3S/c1-13(2,3)6-8(18)7-17-21(19,20)10-5-4-9(14)11(15)12(10)16/h4-5,8,17-18H,6-7H2,1-3H3. The van der Waals surface area contributed by atoms with Crippen LogP contribution < -0.4 is 4.72 Å². The molecule has 4 nitrogen and oxygen atoms in total. The Morgan fingerprint density at radius 2 is 1.76 bits per heavy atom. The largest absolute Gasteiger partial charge is 0.392 e. The molecule has 0 saturated carbocycles. The Morgan fingerprint density at radius 3 is 2.29 bits per heavy atom. The molecule has 0 spiro atoms. The third-order valence-corrected chi connectivity index (χ3v) is 4.09. The Balaban J connectivity index is 2.86. The van der Waals surface area contributed by atoms with Crippen LogP contribution in [-0.4, -0.2) is 26.2 Å². The Labute approximate surface area is 122 Å². The van der Waals surface area contributed by atoms with Crippen molar-refractivity contribution in [3.8, 4) is 0 Å². The van der Waals surface area contributed by atoms with E-state index in [0.717, 1.165) is 0 Å². The molecule has 0 radical (unpaired) electrons. The average Bonchev–Trinajstić information content (AvgIpc) is 2.31. The van der Waals surface area contributed by atoms with Crippen molar-refractivity contribution in [1.82, 2.24) is 4.72 Å². The summed E-state index contributed by atoms with van der Waals surface area (Å²) in [4.78, 5) is -0.996. The van der Waals surface area contributed by atoms with Crippen molar-refractivity contribution in [2.24, 2.45) is 5.41 Å². The summed E-state index contributed by atoms with van der Waals surface area (Å²) < 4.78 is 64.9. The molecule has 8 heteroatoms. The molecule has 1 rings (SSSR count). The van der Waals surface area contributed by atoms with E-state index < -0.39 is 38.5 Å². The van der Waals surface area contributed by atoms with Crippen molar-refractivity contribution in [1.29, 1.82) is 0 Å². The van der Waals surface area contributed by atoms with Crippen molar-refractivity contribution < 1.29 is 26.7 Å². The quantitative estimate of drug-likeness (QED) is 0.816. The maximum Gasteiger partial charge on any atom is 0.243 e. The number of rotatable bonds is 5. The molecule has 1 unspecified atom stereocenters. The zero-order valence-electron chi connectivity index (χ0n) is 12.0. The number of aliphatic hydroxyl groups is 1. The Kier molecular flexibility index (Phi) is 5.40. The summed E-state index contributed by atoms with van der Waals surface area (Å²) in [5.74, 6) is -5.11. The average molecular weight is 325 g/mol. The lowest BCUT2D eigenvalue weighted by Crippen LogP contribution is -2.34. The van der Waals surface area contributed by atoms with E-state index in [0.29, 0.717) is 18.6 Å². The third kappa shape index (κ3) is 4.98. The van der Waals surface area contributed by atoms with E-state index in [1.165, 1.54) is 0 Å². The normalized spacial score (nSPS) is 14.2. The van der Waals surface area contributed by atoms with Crippen LogP contribution in [0.1, 0.15) is 27.2 Å². The SMILES string of the molecule is CC(C)(C)CC(O)CNS(=O)(=O)c1ccc(F)c(F)c1F. The van der Waals surface area contributed by atoms with Gasteiger partial charge in [-0.1, -0.05) is 20.8 Å². The predicted molar refractivity (Wildman–Crippen MR) is 71.6 cm³/mol. The van der Waals surface area contributed by atoms with E-state index >= 15 is 0 Å². The van der Waals surface area contributed by atoms with Gasteiger partial charge < -0.3 is 5.11 Å². The van der Waals surface area contributed by atoms with Gasteiger partial charge in [-0.05, 0) is 24.0 Å². The van der Waals surface area contributed by atoms with E-state index in [1.807, 2.05) is 25.5 Å². The molecule has 0 saturated heterocycles. The second-order valence-corrected chi connectivity index (χ2v) is 7.68. The summed E-state index contributed by atoms with van der Waals surface area (Å²) in [6.45, 7) is 5.23. The smallest absolute Gasteiger partial charge is 0.243 e. The van der Waals surface area contributed by atoms with Gasteiger partial charge in [0, 0.05) is 6.54 Å². The van der Waals surface area contributed by atoms with Gasteiger partial charge in [-0.15, -0.1) is 0 Å². The Hall–Kier alpha value is -1.12. The number of hydrogen-bond acceptors (Lipinski definition) is 3. The molecule has 1 atom stereocenters. The van der Waals surface area contributed by atoms with Crippen LogP contribution in [-0.2, 0) is 10.0 Å². The van der Waals surface area contributed by atoms with Crippen molar-refractivity contribution in [2.45, 2.75) is 38.2 Å². The molecule has 0 heterocycles. The summed E-state index contributed by atoms with van der Waals surface area (Å²) in [6.07, 6.45) is -0.663. The minimum atomic E-state index is -4.37. The molecule has 0 aliphatic rings. The first-order chi connectivity index (χ1) is 9.44. The minimum Gasteiger partial charge on any atom is -0.392 e. The second-order valence-electron chi connectivity index (χ2n) is 5.94. The highest BCUT2D eigenvalue weighted by molar-refractivity contribution is 7.89. The Bertz CT molecular complexity index is 612. The lowest BCUT2D eigenvalue weighted by atomic mass is 9.89. The monoisotopic (exact) mass is 325 g/mol. The highest BCUT2D eigenvalue weighted by atomic mass is 32.2. The second kappa shape index (κ2) is 6.33. The van der Waals surface area contributed by atoms with E-state index in [-0.39, 0.29) is 12.0 Å². The van der Waals surface area contributed by atoms with Crippen molar-refractivity contribution in [3.05, 3.63) is 29.6 Å². The third-order valence-electron chi connectivity index (χ3n) is 2.65. The van der Waals surface area contributed by atoms with Crippen LogP contribution in [0.4, 0.5) is 13.2 Å². The molecule has 0 aliphatic carbocycles. The molecule has 2 N–H and O–H groups in total. The topological polar surface area (TPSA) is 66.4 Å². The fraction of sp³-hybridized carbons (Fsp3) is 0.538. The number of aliphatic hydroxyl groups excluding tert-OH is 1. The Morgan fingerprint density at radius 1 is 1.19 bits per heavy atom. The first-order valence-electron chi connectivity index (χ1n) is 6.25. The molecular formula is C13H18F3NO3S. The van der Waals surface area contributed by atoms with Gasteiger partial charge >= 0.3 is 0 Å². The molecule has 21 heavy (non-hydrogen) atoms. The summed E-state index contributed by atoms with van der Waals surface area (Å²) >= 11 is 0. The molecular weight excluding hydrogens is 307 g/mol. The van der Waals surface area contributed by atoms with Gasteiger partial charge in [0.1, 0.15) is 4.90 Å². The first kappa shape index (κ1) is 17.9. The number of hydrogen-bond donors (Lipinski definition) is 2. The van der Waals surface area contributed by atoms with Gasteiger partial charge in [0.25, 0.3) is 0 Å². The van der Waals surface area contributed by atoms with Crippen molar-refractivity contribution >= 4 is 10.0 Å². The van der Waals surface area contributed by atoms with E-state index in [4.69, 9.17) is 0 Å². The lowest BCUT2D eigenvalue weighted by molar-refractivity contribution is 0.125. The summed E-state index contributed by atoms with van der Waals surface area (Å²) in [5, 5.41) is 9.71. The van der Waals surface area contributed by atoms with Gasteiger partial charge in [-0.2, -0.15) is 0 Å². The van der Waals surface area contributed by atoms with Gasteiger partial charge in [-0.3, -0.25) is 0 Å². The van der Waals surface area contributed by atoms with E-state index in [9.17, 15) is 26.7 Å². The zero-order valence-corrected chi connectivity index (χ0v) is 12.8. The molecule has 0 aliphatic heterocycles. The minimum absolute atomic E-state index is 0.224. The van der Waals surface area contributed by atoms with Gasteiger partial charge in [0.05, 0.1) is 6.10 Å². The van der Waals surface area contributed by atoms with Crippen LogP contribution in [0.3, 0.4) is 0 Å². The maximum absolute atomic E-state index is 13.5. The zero-order chi connectivity index (χ0) is 16.4. The molecule has 1 aromatic rings. The molecule has 0 bridgehead atoms.